The van der Waals surface area contributed by atoms with Crippen LogP contribution in [0.2, 0.25) is 0 Å². The van der Waals surface area contributed by atoms with Crippen LogP contribution in [0.5, 0.6) is 0 Å². The van der Waals surface area contributed by atoms with E-state index in [-0.39, 0.29) is 6.15 Å². The van der Waals surface area contributed by atoms with Gasteiger partial charge in [0.2, 0.25) is 0 Å². The van der Waals surface area contributed by atoms with Crippen LogP contribution >= 0.6 is 0 Å². The monoisotopic (exact) mass is 213 g/mol. The van der Waals surface area contributed by atoms with Crippen LogP contribution in [-0.4, -0.2) is 0 Å². The Hall–Kier alpha value is -0.0400. The van der Waals surface area contributed by atoms with Crippen molar-refractivity contribution in [3.63, 3.8) is 0 Å². The molecule has 0 heterocycles. The average Bonchev–Trinajstić information content (AvgIpc) is 2.15. The Bertz CT molecular complexity index is 151. The standard InChI is InChI=1S/C14H28.H3N/c1-4-5-6-7-8-9-10-13-11-12-14(13,2)3;/h13H,4-12H2,1-3H3;1H3. The maximum atomic E-state index is 2.44. The minimum atomic E-state index is 0. The van der Waals surface area contributed by atoms with Crippen molar-refractivity contribution in [2.45, 2.75) is 78.6 Å². The van der Waals surface area contributed by atoms with Crippen molar-refractivity contribution in [2.24, 2.45) is 11.3 Å². The van der Waals surface area contributed by atoms with Gasteiger partial charge in [0.25, 0.3) is 0 Å². The van der Waals surface area contributed by atoms with E-state index in [2.05, 4.69) is 20.8 Å². The van der Waals surface area contributed by atoms with Gasteiger partial charge in [-0.05, 0) is 30.6 Å². The summed E-state index contributed by atoms with van der Waals surface area (Å²) in [5, 5.41) is 0. The summed E-state index contributed by atoms with van der Waals surface area (Å²) in [6.45, 7) is 7.17. The third-order valence-electron chi connectivity index (χ3n) is 4.15. The topological polar surface area (TPSA) is 35.0 Å². The molecule has 0 saturated heterocycles. The Labute approximate surface area is 96.6 Å². The summed E-state index contributed by atoms with van der Waals surface area (Å²) in [6.07, 6.45) is 13.2. The smallest absolute Gasteiger partial charge is 0.0326 e. The van der Waals surface area contributed by atoms with Crippen LogP contribution < -0.4 is 6.15 Å². The molecule has 0 bridgehead atoms. The molecule has 1 heteroatoms. The molecule has 1 atom stereocenters. The molecule has 0 aromatic rings. The Balaban J connectivity index is 0.00000196. The lowest BCUT2D eigenvalue weighted by Crippen LogP contribution is -2.34. The molecule has 0 amide bonds. The fourth-order valence-electron chi connectivity index (χ4n) is 2.63. The molecule has 1 fully saturated rings. The molecule has 0 aromatic heterocycles. The van der Waals surface area contributed by atoms with E-state index in [1.165, 1.54) is 57.8 Å². The predicted octanol–water partition coefficient (Wildman–Crippen LogP) is 5.34. The van der Waals surface area contributed by atoms with Gasteiger partial charge >= 0.3 is 0 Å². The quantitative estimate of drug-likeness (QED) is 0.569. The van der Waals surface area contributed by atoms with Gasteiger partial charge in [-0.1, -0.05) is 59.3 Å². The molecule has 15 heavy (non-hydrogen) atoms. The van der Waals surface area contributed by atoms with Crippen molar-refractivity contribution in [3.8, 4) is 0 Å². The molecule has 1 rings (SSSR count). The second-order valence-electron chi connectivity index (χ2n) is 5.78. The maximum Gasteiger partial charge on any atom is -0.0326 e. The van der Waals surface area contributed by atoms with Crippen LogP contribution in [0.15, 0.2) is 0 Å². The lowest BCUT2D eigenvalue weighted by atomic mass is 9.61. The summed E-state index contributed by atoms with van der Waals surface area (Å²) >= 11 is 0. The fourth-order valence-corrected chi connectivity index (χ4v) is 2.63. The second kappa shape index (κ2) is 7.27. The minimum absolute atomic E-state index is 0. The molecular formula is C14H31N. The SMILES string of the molecule is CCCCCCCCC1CCC1(C)C.N. The van der Waals surface area contributed by atoms with Crippen LogP contribution in [-0.2, 0) is 0 Å². The molecule has 1 unspecified atom stereocenters. The fraction of sp³-hybridized carbons (Fsp3) is 1.00. The molecule has 0 radical (unpaired) electrons. The van der Waals surface area contributed by atoms with Crippen LogP contribution in [0.25, 0.3) is 0 Å². The van der Waals surface area contributed by atoms with Crippen molar-refractivity contribution in [1.29, 1.82) is 0 Å². The largest absolute Gasteiger partial charge is 0.344 e. The average molecular weight is 213 g/mol. The molecule has 1 aliphatic carbocycles. The van der Waals surface area contributed by atoms with Gasteiger partial charge in [0, 0.05) is 0 Å². The first-order valence-electron chi connectivity index (χ1n) is 6.67. The molecule has 0 aromatic carbocycles. The van der Waals surface area contributed by atoms with Gasteiger partial charge in [0.05, 0.1) is 0 Å². The third kappa shape index (κ3) is 5.01. The predicted molar refractivity (Wildman–Crippen MR) is 69.5 cm³/mol. The molecular weight excluding hydrogens is 182 g/mol. The lowest BCUT2D eigenvalue weighted by molar-refractivity contribution is 0.0622. The van der Waals surface area contributed by atoms with Gasteiger partial charge in [-0.15, -0.1) is 0 Å². The van der Waals surface area contributed by atoms with Crippen LogP contribution in [0.1, 0.15) is 78.6 Å². The zero-order valence-corrected chi connectivity index (χ0v) is 11.1. The van der Waals surface area contributed by atoms with Gasteiger partial charge in [-0.3, -0.25) is 0 Å². The van der Waals surface area contributed by atoms with E-state index in [0.29, 0.717) is 5.41 Å². The highest BCUT2D eigenvalue weighted by molar-refractivity contribution is 4.88. The summed E-state index contributed by atoms with van der Waals surface area (Å²) in [6, 6.07) is 0. The number of hydrogen-bond donors (Lipinski definition) is 1. The Kier molecular flexibility index (Phi) is 7.25. The zero-order chi connectivity index (χ0) is 10.4. The van der Waals surface area contributed by atoms with E-state index in [1.54, 1.807) is 0 Å². The molecule has 92 valence electrons. The van der Waals surface area contributed by atoms with E-state index < -0.39 is 0 Å². The van der Waals surface area contributed by atoms with Crippen LogP contribution in [0, 0.1) is 11.3 Å². The van der Waals surface area contributed by atoms with Gasteiger partial charge in [0.1, 0.15) is 0 Å². The van der Waals surface area contributed by atoms with E-state index >= 15 is 0 Å². The zero-order valence-electron chi connectivity index (χ0n) is 11.1. The van der Waals surface area contributed by atoms with Gasteiger partial charge < -0.3 is 6.15 Å². The number of rotatable bonds is 7. The molecule has 3 N–H and O–H groups in total. The summed E-state index contributed by atoms with van der Waals surface area (Å²) < 4.78 is 0. The van der Waals surface area contributed by atoms with Gasteiger partial charge in [-0.25, -0.2) is 0 Å². The molecule has 1 saturated carbocycles. The highest BCUT2D eigenvalue weighted by Gasteiger charge is 2.37. The van der Waals surface area contributed by atoms with Crippen molar-refractivity contribution in [2.75, 3.05) is 0 Å². The van der Waals surface area contributed by atoms with Crippen molar-refractivity contribution < 1.29 is 0 Å². The Morgan fingerprint density at radius 1 is 1.00 bits per heavy atom. The first-order chi connectivity index (χ1) is 6.67. The van der Waals surface area contributed by atoms with E-state index in [1.807, 2.05) is 0 Å². The summed E-state index contributed by atoms with van der Waals surface area (Å²) in [7, 11) is 0. The van der Waals surface area contributed by atoms with Crippen molar-refractivity contribution in [1.82, 2.24) is 6.15 Å². The second-order valence-corrected chi connectivity index (χ2v) is 5.78. The van der Waals surface area contributed by atoms with E-state index in [0.717, 1.165) is 5.92 Å². The minimum Gasteiger partial charge on any atom is -0.344 e. The van der Waals surface area contributed by atoms with Crippen LogP contribution in [0.3, 0.4) is 0 Å². The van der Waals surface area contributed by atoms with Gasteiger partial charge in [-0.2, -0.15) is 0 Å². The number of hydrogen-bond acceptors (Lipinski definition) is 1. The first kappa shape index (κ1) is 15.0. The summed E-state index contributed by atoms with van der Waals surface area (Å²) in [5.41, 5.74) is 0.684. The van der Waals surface area contributed by atoms with E-state index in [4.69, 9.17) is 0 Å². The van der Waals surface area contributed by atoms with Crippen molar-refractivity contribution >= 4 is 0 Å². The Morgan fingerprint density at radius 2 is 1.60 bits per heavy atom. The van der Waals surface area contributed by atoms with E-state index in [9.17, 15) is 0 Å². The first-order valence-corrected chi connectivity index (χ1v) is 6.67. The summed E-state index contributed by atoms with van der Waals surface area (Å²) in [4.78, 5) is 0. The number of unbranched alkanes of at least 4 members (excludes halogenated alkanes) is 5. The summed E-state index contributed by atoms with van der Waals surface area (Å²) in [5.74, 6) is 1.05. The van der Waals surface area contributed by atoms with Gasteiger partial charge in [0.15, 0.2) is 0 Å². The third-order valence-corrected chi connectivity index (χ3v) is 4.15. The normalized spacial score (nSPS) is 23.0. The Morgan fingerprint density at radius 3 is 2.07 bits per heavy atom. The lowest BCUT2D eigenvalue weighted by Gasteiger charge is -2.45. The molecule has 1 nitrogen and oxygen atoms in total. The van der Waals surface area contributed by atoms with Crippen molar-refractivity contribution in [3.05, 3.63) is 0 Å². The maximum absolute atomic E-state index is 2.44. The highest BCUT2D eigenvalue weighted by Crippen LogP contribution is 2.48. The molecule has 0 spiro atoms. The highest BCUT2D eigenvalue weighted by atomic mass is 14.4. The molecule has 0 aliphatic heterocycles. The molecule has 1 aliphatic rings. The van der Waals surface area contributed by atoms with Crippen LogP contribution in [0.4, 0.5) is 0 Å².